The van der Waals surface area contributed by atoms with E-state index in [4.69, 9.17) is 23.2 Å². The predicted molar refractivity (Wildman–Crippen MR) is 116 cm³/mol. The maximum absolute atomic E-state index is 12.9. The van der Waals surface area contributed by atoms with E-state index in [-0.39, 0.29) is 28.9 Å². The highest BCUT2D eigenvalue weighted by atomic mass is 35.5. The number of rotatable bonds is 4. The van der Waals surface area contributed by atoms with Gasteiger partial charge in [0.25, 0.3) is 5.56 Å². The molecular formula is C18H20Cl2N6O3S. The average molecular weight is 471 g/mol. The van der Waals surface area contributed by atoms with Crippen LogP contribution in [0.4, 0.5) is 0 Å². The molecule has 12 heteroatoms. The van der Waals surface area contributed by atoms with Gasteiger partial charge in [-0.1, -0.05) is 11.6 Å². The molecule has 3 aromatic rings. The molecule has 1 fully saturated rings. The Hall–Kier alpha value is -2.14. The van der Waals surface area contributed by atoms with Crippen LogP contribution in [-0.2, 0) is 32.0 Å². The Balaban J connectivity index is 1.48. The van der Waals surface area contributed by atoms with Crippen LogP contribution in [0.1, 0.15) is 4.88 Å². The molecular weight excluding hydrogens is 451 g/mol. The maximum atomic E-state index is 12.9. The highest BCUT2D eigenvalue weighted by Crippen LogP contribution is 2.23. The number of aromatic nitrogens is 4. The molecule has 0 saturated carbocycles. The van der Waals surface area contributed by atoms with Crippen LogP contribution in [0.25, 0.3) is 11.2 Å². The predicted octanol–water partition coefficient (Wildman–Crippen LogP) is 1.15. The highest BCUT2D eigenvalue weighted by Gasteiger charge is 2.25. The average Bonchev–Trinajstić information content (AvgIpc) is 3.28. The third kappa shape index (κ3) is 3.80. The molecule has 0 atom stereocenters. The zero-order valence-corrected chi connectivity index (χ0v) is 18.8. The molecule has 160 valence electrons. The second-order valence-electron chi connectivity index (χ2n) is 7.21. The lowest BCUT2D eigenvalue weighted by atomic mass is 10.3. The van der Waals surface area contributed by atoms with Crippen molar-refractivity contribution in [2.45, 2.75) is 13.1 Å². The minimum atomic E-state index is -0.528. The molecule has 1 amide bonds. The van der Waals surface area contributed by atoms with E-state index in [0.29, 0.717) is 13.1 Å². The van der Waals surface area contributed by atoms with Gasteiger partial charge in [-0.2, -0.15) is 4.98 Å². The second-order valence-corrected chi connectivity index (χ2v) is 9.35. The fraction of sp³-hybridized carbons (Fsp3) is 0.444. The molecule has 9 nitrogen and oxygen atoms in total. The van der Waals surface area contributed by atoms with Crippen LogP contribution in [0.3, 0.4) is 0 Å². The molecule has 4 rings (SSSR count). The Bertz CT molecular complexity index is 1240. The van der Waals surface area contributed by atoms with E-state index < -0.39 is 11.2 Å². The molecule has 0 N–H and O–H groups in total. The first-order valence-corrected chi connectivity index (χ1v) is 10.9. The van der Waals surface area contributed by atoms with E-state index >= 15 is 0 Å². The van der Waals surface area contributed by atoms with Gasteiger partial charge in [0.1, 0.15) is 6.54 Å². The van der Waals surface area contributed by atoms with Crippen LogP contribution in [0, 0.1) is 0 Å². The first-order valence-electron chi connectivity index (χ1n) is 9.32. The second kappa shape index (κ2) is 8.18. The van der Waals surface area contributed by atoms with Crippen LogP contribution in [0.15, 0.2) is 21.7 Å². The van der Waals surface area contributed by atoms with Crippen LogP contribution in [0.2, 0.25) is 9.62 Å². The summed E-state index contributed by atoms with van der Waals surface area (Å²) in [7, 11) is 2.90. The number of fused-ring (bicyclic) bond motifs is 1. The van der Waals surface area contributed by atoms with Gasteiger partial charge in [0, 0.05) is 51.7 Å². The fourth-order valence-corrected chi connectivity index (χ4v) is 4.97. The number of thiophene rings is 1. The zero-order chi connectivity index (χ0) is 21.6. The van der Waals surface area contributed by atoms with Crippen molar-refractivity contribution in [3.63, 3.8) is 0 Å². The maximum Gasteiger partial charge on any atom is 0.332 e. The minimum absolute atomic E-state index is 0.00450. The van der Waals surface area contributed by atoms with Gasteiger partial charge < -0.3 is 4.90 Å². The standard InChI is InChI=1S/C18H20Cl2N6O3S/c1-22-15-14(16(28)23(2)18(22)29)26(17(20)21-15)10-13(27)25-7-5-24(6-8-25)9-11-3-4-12(19)30-11/h3-4H,5-10H2,1-2H3. The zero-order valence-electron chi connectivity index (χ0n) is 16.5. The summed E-state index contributed by atoms with van der Waals surface area (Å²) in [5, 5.41) is 0.00450. The lowest BCUT2D eigenvalue weighted by Crippen LogP contribution is -2.49. The third-order valence-electron chi connectivity index (χ3n) is 5.33. The summed E-state index contributed by atoms with van der Waals surface area (Å²) in [5.74, 6) is -0.147. The van der Waals surface area contributed by atoms with Crippen molar-refractivity contribution in [3.05, 3.63) is 47.5 Å². The Labute approximate surface area is 185 Å². The first-order chi connectivity index (χ1) is 14.3. The Morgan fingerprint density at radius 3 is 2.43 bits per heavy atom. The largest absolute Gasteiger partial charge is 0.339 e. The number of imidazole rings is 1. The number of hydrogen-bond acceptors (Lipinski definition) is 6. The van der Waals surface area contributed by atoms with Gasteiger partial charge in [0.2, 0.25) is 11.2 Å². The molecule has 1 aliphatic rings. The van der Waals surface area contributed by atoms with Crippen LogP contribution < -0.4 is 11.2 Å². The summed E-state index contributed by atoms with van der Waals surface area (Å²) in [4.78, 5) is 46.9. The number of hydrogen-bond donors (Lipinski definition) is 0. The summed E-state index contributed by atoms with van der Waals surface area (Å²) < 4.78 is 4.38. The number of piperazine rings is 1. The van der Waals surface area contributed by atoms with E-state index in [2.05, 4.69) is 9.88 Å². The van der Waals surface area contributed by atoms with Crippen molar-refractivity contribution < 1.29 is 4.79 Å². The fourth-order valence-electron chi connectivity index (χ4n) is 3.61. The lowest BCUT2D eigenvalue weighted by Gasteiger charge is -2.34. The van der Waals surface area contributed by atoms with Crippen molar-refractivity contribution in [1.29, 1.82) is 0 Å². The highest BCUT2D eigenvalue weighted by molar-refractivity contribution is 7.16. The van der Waals surface area contributed by atoms with E-state index in [9.17, 15) is 14.4 Å². The Kier molecular flexibility index (Phi) is 5.75. The Morgan fingerprint density at radius 1 is 1.10 bits per heavy atom. The first kappa shape index (κ1) is 21.1. The van der Waals surface area contributed by atoms with Crippen molar-refractivity contribution in [2.75, 3.05) is 26.2 Å². The summed E-state index contributed by atoms with van der Waals surface area (Å²) >= 11 is 13.8. The van der Waals surface area contributed by atoms with E-state index in [1.54, 1.807) is 16.2 Å². The molecule has 0 radical (unpaired) electrons. The Morgan fingerprint density at radius 2 is 1.80 bits per heavy atom. The van der Waals surface area contributed by atoms with E-state index in [1.807, 2.05) is 12.1 Å². The number of carbonyl (C=O) groups excluding carboxylic acids is 1. The summed E-state index contributed by atoms with van der Waals surface area (Å²) in [5.41, 5.74) is -0.713. The van der Waals surface area contributed by atoms with Gasteiger partial charge in [0.15, 0.2) is 11.2 Å². The number of amides is 1. The van der Waals surface area contributed by atoms with E-state index in [1.165, 1.54) is 28.1 Å². The SMILES string of the molecule is Cn1c(=O)c2c(nc(Cl)n2CC(=O)N2CCN(Cc3ccc(Cl)s3)CC2)n(C)c1=O. The number of carbonyl (C=O) groups is 1. The minimum Gasteiger partial charge on any atom is -0.339 e. The van der Waals surface area contributed by atoms with Crippen molar-refractivity contribution in [2.24, 2.45) is 14.1 Å². The smallest absolute Gasteiger partial charge is 0.332 e. The van der Waals surface area contributed by atoms with Crippen LogP contribution >= 0.6 is 34.5 Å². The molecule has 4 heterocycles. The molecule has 0 spiro atoms. The topological polar surface area (TPSA) is 85.4 Å². The monoisotopic (exact) mass is 470 g/mol. The third-order valence-corrected chi connectivity index (χ3v) is 6.83. The normalized spacial score (nSPS) is 15.3. The van der Waals surface area contributed by atoms with Crippen LogP contribution in [-0.4, -0.2) is 60.6 Å². The van der Waals surface area contributed by atoms with Crippen molar-refractivity contribution in [3.8, 4) is 0 Å². The van der Waals surface area contributed by atoms with Gasteiger partial charge in [-0.25, -0.2) is 4.79 Å². The summed E-state index contributed by atoms with van der Waals surface area (Å²) in [6.45, 7) is 3.36. The van der Waals surface area contributed by atoms with Gasteiger partial charge in [-0.05, 0) is 23.7 Å². The van der Waals surface area contributed by atoms with Gasteiger partial charge >= 0.3 is 5.69 Å². The van der Waals surface area contributed by atoms with Crippen molar-refractivity contribution >= 4 is 51.6 Å². The molecule has 0 bridgehead atoms. The molecule has 0 aromatic carbocycles. The quantitative estimate of drug-likeness (QED) is 0.533. The molecule has 1 aliphatic heterocycles. The van der Waals surface area contributed by atoms with Gasteiger partial charge in [-0.3, -0.25) is 28.2 Å². The molecule has 1 saturated heterocycles. The van der Waals surface area contributed by atoms with Gasteiger partial charge in [0.05, 0.1) is 4.34 Å². The lowest BCUT2D eigenvalue weighted by molar-refractivity contribution is -0.133. The summed E-state index contributed by atoms with van der Waals surface area (Å²) in [6, 6.07) is 3.91. The number of halogens is 2. The molecule has 30 heavy (non-hydrogen) atoms. The number of nitrogens with zero attached hydrogens (tertiary/aromatic N) is 6. The number of aryl methyl sites for hydroxylation is 1. The van der Waals surface area contributed by atoms with Crippen LogP contribution in [0.5, 0.6) is 0 Å². The summed E-state index contributed by atoms with van der Waals surface area (Å²) in [6.07, 6.45) is 0. The van der Waals surface area contributed by atoms with E-state index in [0.717, 1.165) is 28.5 Å². The molecule has 0 unspecified atom stereocenters. The van der Waals surface area contributed by atoms with Gasteiger partial charge in [-0.15, -0.1) is 11.3 Å². The molecule has 3 aromatic heterocycles. The molecule has 0 aliphatic carbocycles. The van der Waals surface area contributed by atoms with Crippen molar-refractivity contribution in [1.82, 2.24) is 28.5 Å².